The standard InChI is InChI=1S/C31H27FN8O2/c1-31(2,3)40-18-28(29(39-40)20-4-5-21-15-33-10-8-19(21)12-20)38-30(41)37-26-7-6-23(13-25(26)32)42-24-9-11-34-27(14-24)22-16-35-36-17-22/h4-18H,1-3H3,(H,35,36)(H2,37,38,41). The van der Waals surface area contributed by atoms with Gasteiger partial charge < -0.3 is 15.4 Å². The largest absolute Gasteiger partial charge is 0.457 e. The number of anilines is 2. The molecule has 0 radical (unpaired) electrons. The van der Waals surface area contributed by atoms with Crippen LogP contribution in [0.4, 0.5) is 20.6 Å². The molecule has 0 aliphatic carbocycles. The van der Waals surface area contributed by atoms with Crippen LogP contribution >= 0.6 is 0 Å². The maximum atomic E-state index is 15.0. The first-order chi connectivity index (χ1) is 20.2. The molecule has 4 heterocycles. The molecule has 3 N–H and O–H groups in total. The van der Waals surface area contributed by atoms with Gasteiger partial charge in [0.15, 0.2) is 0 Å². The highest BCUT2D eigenvalue weighted by Gasteiger charge is 2.21. The van der Waals surface area contributed by atoms with Gasteiger partial charge in [-0.3, -0.25) is 19.7 Å². The Labute approximate surface area is 240 Å². The third kappa shape index (κ3) is 5.66. The van der Waals surface area contributed by atoms with Crippen LogP contribution in [-0.4, -0.2) is 36.0 Å². The zero-order chi connectivity index (χ0) is 29.3. The van der Waals surface area contributed by atoms with Gasteiger partial charge in [0.25, 0.3) is 0 Å². The molecule has 6 aromatic rings. The van der Waals surface area contributed by atoms with Crippen LogP contribution in [0.2, 0.25) is 0 Å². The fraction of sp³-hybridized carbons (Fsp3) is 0.129. The summed E-state index contributed by atoms with van der Waals surface area (Å²) >= 11 is 0. The normalized spacial score (nSPS) is 11.4. The number of hydrogen-bond acceptors (Lipinski definition) is 6. The number of rotatable bonds is 6. The van der Waals surface area contributed by atoms with Gasteiger partial charge in [-0.05, 0) is 56.5 Å². The Morgan fingerprint density at radius 1 is 0.905 bits per heavy atom. The lowest BCUT2D eigenvalue weighted by molar-refractivity contribution is 0.262. The van der Waals surface area contributed by atoms with E-state index in [4.69, 9.17) is 9.84 Å². The zero-order valence-electron chi connectivity index (χ0n) is 23.1. The molecule has 0 fully saturated rings. The number of aromatic amines is 1. The average Bonchev–Trinajstić information content (AvgIpc) is 3.65. The predicted octanol–water partition coefficient (Wildman–Crippen LogP) is 7.21. The number of pyridine rings is 2. The van der Waals surface area contributed by atoms with E-state index in [1.165, 1.54) is 12.1 Å². The Morgan fingerprint density at radius 3 is 2.52 bits per heavy atom. The van der Waals surface area contributed by atoms with E-state index in [9.17, 15) is 4.79 Å². The number of benzene rings is 2. The van der Waals surface area contributed by atoms with Crippen molar-refractivity contribution < 1.29 is 13.9 Å². The van der Waals surface area contributed by atoms with E-state index in [0.29, 0.717) is 22.8 Å². The van der Waals surface area contributed by atoms with Gasteiger partial charge >= 0.3 is 6.03 Å². The molecule has 2 amide bonds. The third-order valence-electron chi connectivity index (χ3n) is 6.51. The van der Waals surface area contributed by atoms with Crippen molar-refractivity contribution in [1.29, 1.82) is 0 Å². The molecular weight excluding hydrogens is 535 g/mol. The third-order valence-corrected chi connectivity index (χ3v) is 6.51. The van der Waals surface area contributed by atoms with Crippen molar-refractivity contribution in [2.24, 2.45) is 0 Å². The first kappa shape index (κ1) is 26.6. The van der Waals surface area contributed by atoms with Gasteiger partial charge in [-0.1, -0.05) is 12.1 Å². The van der Waals surface area contributed by atoms with E-state index in [-0.39, 0.29) is 17.0 Å². The summed E-state index contributed by atoms with van der Waals surface area (Å²) in [5, 5.41) is 18.9. The topological polar surface area (TPSA) is 123 Å². The number of carbonyl (C=O) groups is 1. The molecule has 0 spiro atoms. The number of carbonyl (C=O) groups excluding carboxylic acids is 1. The van der Waals surface area contributed by atoms with Gasteiger partial charge in [0.1, 0.15) is 23.0 Å². The van der Waals surface area contributed by atoms with Crippen LogP contribution in [0, 0.1) is 5.82 Å². The van der Waals surface area contributed by atoms with E-state index in [2.05, 4.69) is 30.8 Å². The van der Waals surface area contributed by atoms with Crippen LogP contribution in [0.5, 0.6) is 11.5 Å². The first-order valence-corrected chi connectivity index (χ1v) is 13.2. The molecule has 0 aliphatic rings. The fourth-order valence-electron chi connectivity index (χ4n) is 4.35. The van der Waals surface area contributed by atoms with Crippen molar-refractivity contribution in [3.8, 4) is 34.0 Å². The summed E-state index contributed by atoms with van der Waals surface area (Å²) in [6, 6.07) is 14.8. The molecular formula is C31H27FN8O2. The van der Waals surface area contributed by atoms with Crippen molar-refractivity contribution in [2.45, 2.75) is 26.3 Å². The minimum Gasteiger partial charge on any atom is -0.457 e. The molecule has 0 atom stereocenters. The Balaban J connectivity index is 1.20. The van der Waals surface area contributed by atoms with E-state index < -0.39 is 11.8 Å². The number of halogens is 1. The quantitative estimate of drug-likeness (QED) is 0.197. The summed E-state index contributed by atoms with van der Waals surface area (Å²) in [6.45, 7) is 6.05. The Morgan fingerprint density at radius 2 is 1.74 bits per heavy atom. The second-order valence-corrected chi connectivity index (χ2v) is 10.6. The van der Waals surface area contributed by atoms with Crippen LogP contribution in [0.1, 0.15) is 20.8 Å². The van der Waals surface area contributed by atoms with Gasteiger partial charge in [-0.15, -0.1) is 0 Å². The average molecular weight is 563 g/mol. The number of nitrogens with zero attached hydrogens (tertiary/aromatic N) is 5. The van der Waals surface area contributed by atoms with Gasteiger partial charge in [0.05, 0.1) is 28.8 Å². The molecule has 0 bridgehead atoms. The Bertz CT molecular complexity index is 1890. The molecule has 0 aliphatic heterocycles. The minimum atomic E-state index is -0.652. The molecule has 4 aromatic heterocycles. The summed E-state index contributed by atoms with van der Waals surface area (Å²) in [4.78, 5) is 21.5. The molecule has 42 heavy (non-hydrogen) atoms. The summed E-state index contributed by atoms with van der Waals surface area (Å²) in [6.07, 6.45) is 10.2. The van der Waals surface area contributed by atoms with Gasteiger partial charge in [0, 0.05) is 59.6 Å². The first-order valence-electron chi connectivity index (χ1n) is 13.2. The van der Waals surface area contributed by atoms with Gasteiger partial charge in [0.2, 0.25) is 0 Å². The summed E-state index contributed by atoms with van der Waals surface area (Å²) in [5.74, 6) is 0.0935. The molecule has 10 nitrogen and oxygen atoms in total. The van der Waals surface area contributed by atoms with Gasteiger partial charge in [-0.25, -0.2) is 9.18 Å². The molecule has 210 valence electrons. The van der Waals surface area contributed by atoms with E-state index in [0.717, 1.165) is 21.9 Å². The lowest BCUT2D eigenvalue weighted by Gasteiger charge is -2.18. The minimum absolute atomic E-state index is 0.00312. The van der Waals surface area contributed by atoms with E-state index in [1.807, 2.05) is 45.0 Å². The number of urea groups is 1. The molecule has 2 aromatic carbocycles. The van der Waals surface area contributed by atoms with E-state index in [1.54, 1.807) is 60.1 Å². The number of hydrogen-bond donors (Lipinski definition) is 3. The maximum absolute atomic E-state index is 15.0. The number of ether oxygens (including phenoxy) is 1. The fourth-order valence-corrected chi connectivity index (χ4v) is 4.35. The number of H-pyrrole nitrogens is 1. The number of amides is 2. The van der Waals surface area contributed by atoms with Crippen molar-refractivity contribution in [3.05, 3.63) is 97.6 Å². The van der Waals surface area contributed by atoms with Crippen molar-refractivity contribution in [2.75, 3.05) is 10.6 Å². The summed E-state index contributed by atoms with van der Waals surface area (Å²) in [7, 11) is 0. The lowest BCUT2D eigenvalue weighted by atomic mass is 10.1. The van der Waals surface area contributed by atoms with Crippen molar-refractivity contribution in [1.82, 2.24) is 29.9 Å². The highest BCUT2D eigenvalue weighted by atomic mass is 19.1. The molecule has 6 rings (SSSR count). The zero-order valence-corrected chi connectivity index (χ0v) is 23.1. The molecule has 0 saturated carbocycles. The Kier molecular flexibility index (Phi) is 6.83. The maximum Gasteiger partial charge on any atom is 0.323 e. The molecule has 11 heteroatoms. The summed E-state index contributed by atoms with van der Waals surface area (Å²) in [5.41, 5.74) is 3.03. The SMILES string of the molecule is CC(C)(C)n1cc(NC(=O)Nc2ccc(Oc3ccnc(-c4cn[nH]c4)c3)cc2F)c(-c2ccc3cnccc3c2)n1. The van der Waals surface area contributed by atoms with Crippen LogP contribution in [0.25, 0.3) is 33.3 Å². The number of aromatic nitrogens is 6. The molecule has 0 unspecified atom stereocenters. The predicted molar refractivity (Wildman–Crippen MR) is 159 cm³/mol. The molecule has 0 saturated heterocycles. The van der Waals surface area contributed by atoms with Crippen LogP contribution in [-0.2, 0) is 5.54 Å². The highest BCUT2D eigenvalue weighted by molar-refractivity contribution is 6.02. The lowest BCUT2D eigenvalue weighted by Crippen LogP contribution is -2.22. The van der Waals surface area contributed by atoms with Crippen molar-refractivity contribution >= 4 is 28.2 Å². The van der Waals surface area contributed by atoms with Crippen LogP contribution < -0.4 is 15.4 Å². The summed E-state index contributed by atoms with van der Waals surface area (Å²) < 4.78 is 22.7. The van der Waals surface area contributed by atoms with Gasteiger partial charge in [-0.2, -0.15) is 10.2 Å². The second kappa shape index (κ2) is 10.8. The van der Waals surface area contributed by atoms with E-state index >= 15 is 4.39 Å². The smallest absolute Gasteiger partial charge is 0.323 e. The Hall–Kier alpha value is -5.58. The van der Waals surface area contributed by atoms with Crippen molar-refractivity contribution in [3.63, 3.8) is 0 Å². The highest BCUT2D eigenvalue weighted by Crippen LogP contribution is 2.32. The number of fused-ring (bicyclic) bond motifs is 1. The monoisotopic (exact) mass is 562 g/mol. The van der Waals surface area contributed by atoms with Crippen LogP contribution in [0.3, 0.4) is 0 Å². The number of nitrogens with one attached hydrogen (secondary N) is 3. The second-order valence-electron chi connectivity index (χ2n) is 10.6. The van der Waals surface area contributed by atoms with Crippen LogP contribution in [0.15, 0.2) is 91.8 Å².